The number of carbonyl (C=O) groups excluding carboxylic acids is 1. The highest BCUT2D eigenvalue weighted by Crippen LogP contribution is 2.38. The number of hydrogen-bond acceptors (Lipinski definition) is 3. The number of nitrogens with zero attached hydrogens (tertiary/aromatic N) is 2. The summed E-state index contributed by atoms with van der Waals surface area (Å²) in [6.45, 7) is 3.10. The summed E-state index contributed by atoms with van der Waals surface area (Å²) in [5, 5.41) is 0. The van der Waals surface area contributed by atoms with Gasteiger partial charge in [0.25, 0.3) is 0 Å². The third-order valence-electron chi connectivity index (χ3n) is 5.90. The minimum absolute atomic E-state index is 0.191. The first kappa shape index (κ1) is 16.5. The predicted octanol–water partition coefficient (Wildman–Crippen LogP) is 2.59. The summed E-state index contributed by atoms with van der Waals surface area (Å²) in [4.78, 5) is 17.5. The van der Waals surface area contributed by atoms with Crippen molar-refractivity contribution in [3.63, 3.8) is 0 Å². The van der Waals surface area contributed by atoms with Crippen LogP contribution < -0.4 is 0 Å². The van der Waals surface area contributed by atoms with Gasteiger partial charge in [-0.1, -0.05) is 12.1 Å². The van der Waals surface area contributed by atoms with Crippen LogP contribution >= 0.6 is 0 Å². The SMILES string of the molecule is CN(C(=O)Cc1cc#ccc1)[C@H]1CCC2=C(CCO2)[C@@H]1N1CCCC1. The first-order valence-corrected chi connectivity index (χ1v) is 9.45. The van der Waals surface area contributed by atoms with Gasteiger partial charge in [-0.25, -0.2) is 0 Å². The molecule has 2 heterocycles. The fourth-order valence-corrected chi connectivity index (χ4v) is 4.59. The van der Waals surface area contributed by atoms with Crippen molar-refractivity contribution < 1.29 is 9.53 Å². The Morgan fingerprint density at radius 1 is 1.32 bits per heavy atom. The van der Waals surface area contributed by atoms with Crippen molar-refractivity contribution in [1.82, 2.24) is 9.80 Å². The Labute approximate surface area is 150 Å². The minimum Gasteiger partial charge on any atom is -0.498 e. The maximum absolute atomic E-state index is 12.9. The standard InChI is InChI=1S/C21H26N2O2/c1-22(20(24)15-16-7-3-2-4-8-16)18-9-10-19-17(11-14-25-19)21(18)23-12-5-6-13-23/h3,7-8,18,21H,5-6,9-15H2,1H3/t18-,21-/m0/s1. The average molecular weight is 338 g/mol. The number of hydrogen-bond donors (Lipinski definition) is 0. The highest BCUT2D eigenvalue weighted by atomic mass is 16.5. The summed E-state index contributed by atoms with van der Waals surface area (Å²) in [6.07, 6.45) is 5.96. The van der Waals surface area contributed by atoms with E-state index in [0.717, 1.165) is 44.5 Å². The summed E-state index contributed by atoms with van der Waals surface area (Å²) < 4.78 is 5.87. The van der Waals surface area contributed by atoms with Gasteiger partial charge >= 0.3 is 0 Å². The second-order valence-electron chi connectivity index (χ2n) is 7.36. The normalized spacial score (nSPS) is 26.1. The predicted molar refractivity (Wildman–Crippen MR) is 95.8 cm³/mol. The topological polar surface area (TPSA) is 32.8 Å². The zero-order valence-electron chi connectivity index (χ0n) is 15.0. The Balaban J connectivity index is 1.53. The van der Waals surface area contributed by atoms with Crippen LogP contribution in [0, 0.1) is 12.1 Å². The lowest BCUT2D eigenvalue weighted by Gasteiger charge is -2.43. The lowest BCUT2D eigenvalue weighted by Crippen LogP contribution is -2.54. The molecule has 2 aliphatic heterocycles. The third kappa shape index (κ3) is 3.26. The Morgan fingerprint density at radius 3 is 2.92 bits per heavy atom. The molecule has 0 aromatic heterocycles. The van der Waals surface area contributed by atoms with Crippen molar-refractivity contribution in [3.8, 4) is 0 Å². The van der Waals surface area contributed by atoms with E-state index >= 15 is 0 Å². The largest absolute Gasteiger partial charge is 0.498 e. The number of carbonyl (C=O) groups is 1. The van der Waals surface area contributed by atoms with Crippen LogP contribution in [0.3, 0.4) is 0 Å². The van der Waals surface area contributed by atoms with E-state index in [-0.39, 0.29) is 11.9 Å². The smallest absolute Gasteiger partial charge is 0.227 e. The van der Waals surface area contributed by atoms with Crippen LogP contribution in [0.1, 0.15) is 37.7 Å². The van der Waals surface area contributed by atoms with Crippen molar-refractivity contribution >= 4 is 5.91 Å². The van der Waals surface area contributed by atoms with Crippen molar-refractivity contribution in [2.75, 3.05) is 26.7 Å². The molecule has 2 atom stereocenters. The highest BCUT2D eigenvalue weighted by molar-refractivity contribution is 5.79. The van der Waals surface area contributed by atoms with E-state index in [9.17, 15) is 4.79 Å². The van der Waals surface area contributed by atoms with Crippen LogP contribution in [-0.2, 0) is 16.0 Å². The molecular formula is C21H26N2O2. The molecule has 0 saturated carbocycles. The van der Waals surface area contributed by atoms with E-state index in [4.69, 9.17) is 4.74 Å². The molecular weight excluding hydrogens is 312 g/mol. The van der Waals surface area contributed by atoms with E-state index in [1.165, 1.54) is 24.2 Å². The van der Waals surface area contributed by atoms with E-state index in [0.29, 0.717) is 12.5 Å². The number of likely N-dealkylation sites (N-methyl/N-ethyl adjacent to an activating group) is 1. The van der Waals surface area contributed by atoms with E-state index in [1.54, 1.807) is 0 Å². The molecule has 0 unspecified atom stereocenters. The van der Waals surface area contributed by atoms with Crippen molar-refractivity contribution in [3.05, 3.63) is 47.2 Å². The molecule has 0 radical (unpaired) electrons. The number of ether oxygens (including phenoxy) is 1. The molecule has 0 bridgehead atoms. The van der Waals surface area contributed by atoms with Gasteiger partial charge in [-0.05, 0) is 61.7 Å². The molecule has 1 aromatic carbocycles. The van der Waals surface area contributed by atoms with Crippen LogP contribution in [0.25, 0.3) is 0 Å². The average Bonchev–Trinajstić information content (AvgIpc) is 3.32. The molecule has 4 nitrogen and oxygen atoms in total. The van der Waals surface area contributed by atoms with Crippen molar-refractivity contribution in [2.24, 2.45) is 0 Å². The van der Waals surface area contributed by atoms with Gasteiger partial charge in [0.15, 0.2) is 0 Å². The van der Waals surface area contributed by atoms with Gasteiger partial charge in [0.1, 0.15) is 0 Å². The molecule has 1 fully saturated rings. The molecule has 0 spiro atoms. The molecule has 25 heavy (non-hydrogen) atoms. The minimum atomic E-state index is 0.191. The quantitative estimate of drug-likeness (QED) is 0.846. The van der Waals surface area contributed by atoms with E-state index in [2.05, 4.69) is 17.0 Å². The summed E-state index contributed by atoms with van der Waals surface area (Å²) in [5.74, 6) is 1.40. The van der Waals surface area contributed by atoms with Gasteiger partial charge in [0.05, 0.1) is 30.9 Å². The van der Waals surface area contributed by atoms with Crippen molar-refractivity contribution in [1.29, 1.82) is 0 Å². The highest BCUT2D eigenvalue weighted by Gasteiger charge is 2.41. The Hall–Kier alpha value is -1.99. The van der Waals surface area contributed by atoms with Gasteiger partial charge < -0.3 is 9.64 Å². The van der Waals surface area contributed by atoms with Crippen LogP contribution in [0.4, 0.5) is 0 Å². The molecule has 1 aliphatic carbocycles. The summed E-state index contributed by atoms with van der Waals surface area (Å²) in [5.41, 5.74) is 2.47. The zero-order chi connectivity index (χ0) is 17.2. The second-order valence-corrected chi connectivity index (χ2v) is 7.36. The zero-order valence-corrected chi connectivity index (χ0v) is 15.0. The lowest BCUT2D eigenvalue weighted by molar-refractivity contribution is -0.132. The Bertz CT molecular complexity index is 649. The molecule has 4 rings (SSSR count). The van der Waals surface area contributed by atoms with Gasteiger partial charge in [0.2, 0.25) is 5.91 Å². The fourth-order valence-electron chi connectivity index (χ4n) is 4.59. The lowest BCUT2D eigenvalue weighted by atomic mass is 9.85. The summed E-state index contributed by atoms with van der Waals surface area (Å²) in [7, 11) is 1.98. The number of likely N-dealkylation sites (tertiary alicyclic amines) is 1. The van der Waals surface area contributed by atoms with Crippen LogP contribution in [0.2, 0.25) is 0 Å². The maximum Gasteiger partial charge on any atom is 0.227 e. The molecule has 0 N–H and O–H groups in total. The molecule has 132 valence electrons. The fraction of sp³-hybridized carbons (Fsp3) is 0.571. The molecule has 1 saturated heterocycles. The third-order valence-corrected chi connectivity index (χ3v) is 5.90. The Kier molecular flexibility index (Phi) is 4.67. The van der Waals surface area contributed by atoms with Crippen molar-refractivity contribution in [2.45, 2.75) is 50.6 Å². The Morgan fingerprint density at radius 2 is 2.16 bits per heavy atom. The van der Waals surface area contributed by atoms with Gasteiger partial charge in [-0.2, -0.15) is 0 Å². The van der Waals surface area contributed by atoms with Gasteiger partial charge in [0, 0.05) is 19.9 Å². The first-order chi connectivity index (χ1) is 12.2. The molecule has 4 heteroatoms. The van der Waals surface area contributed by atoms with Gasteiger partial charge in [-0.3, -0.25) is 9.69 Å². The maximum atomic E-state index is 12.9. The summed E-state index contributed by atoms with van der Waals surface area (Å²) >= 11 is 0. The van der Waals surface area contributed by atoms with E-state index < -0.39 is 0 Å². The van der Waals surface area contributed by atoms with Crippen LogP contribution in [0.5, 0.6) is 0 Å². The summed E-state index contributed by atoms with van der Waals surface area (Å²) in [6, 6.07) is 12.1. The number of rotatable bonds is 4. The van der Waals surface area contributed by atoms with Crippen LogP contribution in [0.15, 0.2) is 29.5 Å². The first-order valence-electron chi connectivity index (χ1n) is 9.45. The molecule has 1 aromatic rings. The van der Waals surface area contributed by atoms with E-state index in [1.807, 2.05) is 30.1 Å². The molecule has 1 amide bonds. The number of allylic oxidation sites excluding steroid dienone is 1. The monoisotopic (exact) mass is 338 g/mol. The van der Waals surface area contributed by atoms with Crippen LogP contribution in [-0.4, -0.2) is 54.5 Å². The number of amides is 1. The second kappa shape index (κ2) is 7.09. The molecule has 3 aliphatic rings. The van der Waals surface area contributed by atoms with Gasteiger partial charge in [-0.15, -0.1) is 0 Å².